The average molecular weight is 290 g/mol. The number of nitrogens with zero attached hydrogens (tertiary/aromatic N) is 1. The first-order valence-electron chi connectivity index (χ1n) is 7.57. The second-order valence-electron chi connectivity index (χ2n) is 6.25. The van der Waals surface area contributed by atoms with Crippen molar-refractivity contribution in [3.63, 3.8) is 0 Å². The van der Waals surface area contributed by atoms with Gasteiger partial charge < -0.3 is 15.4 Å². The van der Waals surface area contributed by atoms with E-state index in [-0.39, 0.29) is 18.0 Å². The topological polar surface area (TPSA) is 55.6 Å². The second kappa shape index (κ2) is 6.06. The van der Waals surface area contributed by atoms with Gasteiger partial charge in [-0.2, -0.15) is 0 Å². The number of para-hydroxylation sites is 1. The Morgan fingerprint density at radius 1 is 1.48 bits per heavy atom. The number of hydrogen-bond donors (Lipinski definition) is 1. The minimum Gasteiger partial charge on any atom is -0.496 e. The summed E-state index contributed by atoms with van der Waals surface area (Å²) >= 11 is 0. The molecule has 2 N–H and O–H groups in total. The van der Waals surface area contributed by atoms with Crippen LogP contribution in [0.2, 0.25) is 0 Å². The van der Waals surface area contributed by atoms with Gasteiger partial charge in [0.1, 0.15) is 5.75 Å². The number of methoxy groups -OCH3 is 1. The highest BCUT2D eigenvalue weighted by molar-refractivity contribution is 5.83. The molecule has 1 aromatic rings. The van der Waals surface area contributed by atoms with Gasteiger partial charge >= 0.3 is 0 Å². The first kappa shape index (κ1) is 15.8. The summed E-state index contributed by atoms with van der Waals surface area (Å²) in [5.41, 5.74) is 6.75. The van der Waals surface area contributed by atoms with E-state index in [2.05, 4.69) is 0 Å². The van der Waals surface area contributed by atoms with E-state index in [1.165, 1.54) is 0 Å². The zero-order valence-corrected chi connectivity index (χ0v) is 13.4. The minimum atomic E-state index is -0.439. The minimum absolute atomic E-state index is 0.0433. The van der Waals surface area contributed by atoms with Gasteiger partial charge in [-0.3, -0.25) is 4.79 Å². The van der Waals surface area contributed by atoms with Gasteiger partial charge in [0.15, 0.2) is 0 Å². The molecule has 4 nitrogen and oxygen atoms in total. The van der Waals surface area contributed by atoms with E-state index in [0.29, 0.717) is 0 Å². The molecule has 0 saturated heterocycles. The SMILES string of the molecule is COc1ccccc1C(C)N(C)C(=O)C1(C)CCCC1N. The van der Waals surface area contributed by atoms with Gasteiger partial charge in [0.05, 0.1) is 18.6 Å². The predicted octanol–water partition coefficient (Wildman–Crippen LogP) is 2.73. The lowest BCUT2D eigenvalue weighted by Gasteiger charge is -2.36. The van der Waals surface area contributed by atoms with Gasteiger partial charge in [0.2, 0.25) is 5.91 Å². The van der Waals surface area contributed by atoms with Crippen LogP contribution in [0.15, 0.2) is 24.3 Å². The second-order valence-corrected chi connectivity index (χ2v) is 6.25. The van der Waals surface area contributed by atoms with Gasteiger partial charge in [-0.15, -0.1) is 0 Å². The van der Waals surface area contributed by atoms with Crippen molar-refractivity contribution in [1.29, 1.82) is 0 Å². The third kappa shape index (κ3) is 2.77. The Labute approximate surface area is 127 Å². The van der Waals surface area contributed by atoms with E-state index in [0.717, 1.165) is 30.6 Å². The van der Waals surface area contributed by atoms with E-state index in [1.807, 2.05) is 50.1 Å². The Morgan fingerprint density at radius 2 is 2.14 bits per heavy atom. The maximum absolute atomic E-state index is 12.9. The van der Waals surface area contributed by atoms with Crippen LogP contribution in [0.1, 0.15) is 44.7 Å². The summed E-state index contributed by atoms with van der Waals surface area (Å²) in [5, 5.41) is 0. The fraction of sp³-hybridized carbons (Fsp3) is 0.588. The van der Waals surface area contributed by atoms with Crippen molar-refractivity contribution in [1.82, 2.24) is 4.90 Å². The highest BCUT2D eigenvalue weighted by Crippen LogP contribution is 2.40. The molecular weight excluding hydrogens is 264 g/mol. The average Bonchev–Trinajstić information content (AvgIpc) is 2.85. The number of benzene rings is 1. The predicted molar refractivity (Wildman–Crippen MR) is 84.1 cm³/mol. The van der Waals surface area contributed by atoms with E-state index < -0.39 is 5.41 Å². The molecule has 1 aromatic carbocycles. The van der Waals surface area contributed by atoms with Gasteiger partial charge in [0.25, 0.3) is 0 Å². The van der Waals surface area contributed by atoms with Gasteiger partial charge in [-0.1, -0.05) is 24.6 Å². The first-order chi connectivity index (χ1) is 9.91. The Morgan fingerprint density at radius 3 is 2.71 bits per heavy atom. The van der Waals surface area contributed by atoms with Crippen LogP contribution in [0.4, 0.5) is 0 Å². The van der Waals surface area contributed by atoms with Crippen molar-refractivity contribution in [3.8, 4) is 5.75 Å². The van der Waals surface area contributed by atoms with Crippen molar-refractivity contribution in [2.75, 3.05) is 14.2 Å². The molecule has 3 unspecified atom stereocenters. The van der Waals surface area contributed by atoms with Crippen LogP contribution in [-0.2, 0) is 4.79 Å². The third-order valence-electron chi connectivity index (χ3n) is 5.01. The first-order valence-corrected chi connectivity index (χ1v) is 7.57. The molecule has 0 aliphatic heterocycles. The molecule has 1 aliphatic carbocycles. The van der Waals surface area contributed by atoms with Gasteiger partial charge in [0, 0.05) is 18.7 Å². The quantitative estimate of drug-likeness (QED) is 0.927. The number of ether oxygens (including phenoxy) is 1. The Hall–Kier alpha value is -1.55. The van der Waals surface area contributed by atoms with E-state index in [1.54, 1.807) is 7.11 Å². The van der Waals surface area contributed by atoms with Crippen LogP contribution < -0.4 is 10.5 Å². The summed E-state index contributed by atoms with van der Waals surface area (Å²) in [6, 6.07) is 7.74. The molecule has 1 saturated carbocycles. The van der Waals surface area contributed by atoms with E-state index in [9.17, 15) is 4.79 Å². The molecule has 1 amide bonds. The number of carbonyl (C=O) groups is 1. The maximum Gasteiger partial charge on any atom is 0.230 e. The van der Waals surface area contributed by atoms with Crippen molar-refractivity contribution in [2.24, 2.45) is 11.1 Å². The summed E-state index contributed by atoms with van der Waals surface area (Å²) in [6.45, 7) is 4.03. The molecule has 0 bridgehead atoms. The molecule has 4 heteroatoms. The van der Waals surface area contributed by atoms with Crippen LogP contribution >= 0.6 is 0 Å². The molecule has 0 radical (unpaired) electrons. The van der Waals surface area contributed by atoms with E-state index >= 15 is 0 Å². The smallest absolute Gasteiger partial charge is 0.230 e. The largest absolute Gasteiger partial charge is 0.496 e. The van der Waals surface area contributed by atoms with Crippen LogP contribution in [0.25, 0.3) is 0 Å². The van der Waals surface area contributed by atoms with Gasteiger partial charge in [-0.25, -0.2) is 0 Å². The Bertz CT molecular complexity index is 517. The molecule has 2 rings (SSSR count). The highest BCUT2D eigenvalue weighted by Gasteiger charge is 2.45. The molecule has 3 atom stereocenters. The Balaban J connectivity index is 2.23. The zero-order valence-electron chi connectivity index (χ0n) is 13.4. The summed E-state index contributed by atoms with van der Waals surface area (Å²) in [5.74, 6) is 0.941. The number of nitrogens with two attached hydrogens (primary N) is 1. The lowest BCUT2D eigenvalue weighted by Crippen LogP contribution is -2.48. The fourth-order valence-corrected chi connectivity index (χ4v) is 3.26. The summed E-state index contributed by atoms with van der Waals surface area (Å²) in [7, 11) is 3.51. The number of hydrogen-bond acceptors (Lipinski definition) is 3. The maximum atomic E-state index is 12.9. The van der Waals surface area contributed by atoms with E-state index in [4.69, 9.17) is 10.5 Å². The Kier molecular flexibility index (Phi) is 4.57. The van der Waals surface area contributed by atoms with Crippen molar-refractivity contribution in [2.45, 2.75) is 45.2 Å². The molecule has 1 fully saturated rings. The van der Waals surface area contributed by atoms with Crippen LogP contribution in [0.3, 0.4) is 0 Å². The van der Waals surface area contributed by atoms with Crippen LogP contribution in [-0.4, -0.2) is 31.0 Å². The molecule has 1 aliphatic rings. The molecule has 116 valence electrons. The lowest BCUT2D eigenvalue weighted by atomic mass is 9.83. The van der Waals surface area contributed by atoms with Crippen molar-refractivity contribution in [3.05, 3.63) is 29.8 Å². The van der Waals surface area contributed by atoms with Crippen LogP contribution in [0, 0.1) is 5.41 Å². The molecule has 0 aromatic heterocycles. The normalized spacial score (nSPS) is 26.4. The lowest BCUT2D eigenvalue weighted by molar-refractivity contribution is -0.142. The molecule has 0 spiro atoms. The molecule has 21 heavy (non-hydrogen) atoms. The number of carbonyl (C=O) groups excluding carboxylic acids is 1. The standard InChI is InChI=1S/C17H26N2O2/c1-12(13-8-5-6-9-14(13)21-4)19(3)16(20)17(2)11-7-10-15(17)18/h5-6,8-9,12,15H,7,10-11,18H2,1-4H3. The van der Waals surface area contributed by atoms with Crippen LogP contribution in [0.5, 0.6) is 5.75 Å². The molecule has 0 heterocycles. The van der Waals surface area contributed by atoms with Crippen molar-refractivity contribution < 1.29 is 9.53 Å². The monoisotopic (exact) mass is 290 g/mol. The highest BCUT2D eigenvalue weighted by atomic mass is 16.5. The number of rotatable bonds is 4. The third-order valence-corrected chi connectivity index (χ3v) is 5.01. The molecular formula is C17H26N2O2. The summed E-state index contributed by atoms with van der Waals surface area (Å²) in [6.07, 6.45) is 2.83. The zero-order chi connectivity index (χ0) is 15.6. The fourth-order valence-electron chi connectivity index (χ4n) is 3.26. The summed E-state index contributed by atoms with van der Waals surface area (Å²) in [4.78, 5) is 14.7. The van der Waals surface area contributed by atoms with Gasteiger partial charge in [-0.05, 0) is 32.8 Å². The van der Waals surface area contributed by atoms with Crippen molar-refractivity contribution >= 4 is 5.91 Å². The number of amides is 1. The summed E-state index contributed by atoms with van der Waals surface area (Å²) < 4.78 is 5.41.